The van der Waals surface area contributed by atoms with Crippen LogP contribution in [0.3, 0.4) is 0 Å². The Morgan fingerprint density at radius 1 is 0.745 bits per heavy atom. The van der Waals surface area contributed by atoms with Crippen LogP contribution in [0.1, 0.15) is 122 Å². The van der Waals surface area contributed by atoms with E-state index in [1.807, 2.05) is 28.0 Å². The lowest BCUT2D eigenvalue weighted by atomic mass is 9.91. The van der Waals surface area contributed by atoms with Crippen molar-refractivity contribution < 1.29 is 14.2 Å². The molecule has 0 atom stereocenters. The Balaban J connectivity index is 1.66. The molecule has 1 aromatic carbocycles. The number of anilines is 1. The first kappa shape index (κ1) is 36.5. The molecule has 9 heteroatoms. The fourth-order valence-electron chi connectivity index (χ4n) is 6.16. The number of nitrogens with zero attached hydrogens (tertiary/aromatic N) is 5. The minimum atomic E-state index is -0.201. The number of aromatic nitrogens is 4. The summed E-state index contributed by atoms with van der Waals surface area (Å²) >= 11 is 1.86. The summed E-state index contributed by atoms with van der Waals surface area (Å²) in [6.45, 7) is 13.4. The van der Waals surface area contributed by atoms with Gasteiger partial charge in [-0.05, 0) is 43.2 Å². The van der Waals surface area contributed by atoms with Crippen molar-refractivity contribution in [3.05, 3.63) is 40.1 Å². The van der Waals surface area contributed by atoms with Crippen LogP contribution in [0.2, 0.25) is 0 Å². The number of methoxy groups -OCH3 is 3. The Labute approximate surface area is 286 Å². The van der Waals surface area contributed by atoms with E-state index in [1.165, 1.54) is 86.9 Å². The molecule has 0 spiro atoms. The molecule has 4 rings (SSSR count). The fraction of sp³-hybridized carbons (Fsp3) is 0.605. The minimum absolute atomic E-state index is 0.201. The largest absolute Gasteiger partial charge is 0.493 e. The Kier molecular flexibility index (Phi) is 13.8. The molecule has 258 valence electrons. The van der Waals surface area contributed by atoms with E-state index < -0.39 is 0 Å². The number of fused-ring (bicyclic) bond motifs is 1. The second-order valence-electron chi connectivity index (χ2n) is 13.5. The molecule has 0 fully saturated rings. The number of thiophene rings is 1. The number of rotatable bonds is 20. The third kappa shape index (κ3) is 9.18. The van der Waals surface area contributed by atoms with Crippen molar-refractivity contribution in [3.63, 3.8) is 0 Å². The van der Waals surface area contributed by atoms with Crippen LogP contribution < -0.4 is 24.3 Å². The molecular weight excluding hydrogens is 607 g/mol. The lowest BCUT2D eigenvalue weighted by Gasteiger charge is -2.23. The minimum Gasteiger partial charge on any atom is -0.493 e. The summed E-state index contributed by atoms with van der Waals surface area (Å²) in [5.41, 5.74) is 2.25. The molecule has 0 aliphatic carbocycles. The van der Waals surface area contributed by atoms with E-state index in [9.17, 15) is 0 Å². The van der Waals surface area contributed by atoms with Crippen molar-refractivity contribution in [1.82, 2.24) is 19.8 Å². The molecule has 0 N–H and O–H groups in total. The normalized spacial score (nSPS) is 12.3. The van der Waals surface area contributed by atoms with Crippen molar-refractivity contribution in [3.8, 4) is 28.6 Å². The zero-order chi connectivity index (χ0) is 33.8. The summed E-state index contributed by atoms with van der Waals surface area (Å²) in [6, 6.07) is 8.33. The van der Waals surface area contributed by atoms with Crippen LogP contribution in [0.4, 0.5) is 5.00 Å². The van der Waals surface area contributed by atoms with Gasteiger partial charge in [-0.15, -0.1) is 21.5 Å². The first-order valence-corrected chi connectivity index (χ1v) is 18.5. The van der Waals surface area contributed by atoms with Crippen molar-refractivity contribution in [1.29, 1.82) is 0 Å². The second kappa shape index (κ2) is 17.7. The molecule has 0 saturated heterocycles. The van der Waals surface area contributed by atoms with Gasteiger partial charge in [0.25, 0.3) is 0 Å². The van der Waals surface area contributed by atoms with Gasteiger partial charge in [0.15, 0.2) is 23.0 Å². The van der Waals surface area contributed by atoms with Gasteiger partial charge in [-0.25, -0.2) is 0 Å². The summed E-state index contributed by atoms with van der Waals surface area (Å²) in [5.74, 6) is 2.23. The van der Waals surface area contributed by atoms with Gasteiger partial charge in [-0.2, -0.15) is 9.61 Å². The van der Waals surface area contributed by atoms with Gasteiger partial charge in [0, 0.05) is 28.6 Å². The van der Waals surface area contributed by atoms with Crippen LogP contribution in [0.5, 0.6) is 17.2 Å². The third-order valence-corrected chi connectivity index (χ3v) is 9.86. The van der Waals surface area contributed by atoms with Crippen molar-refractivity contribution in [2.45, 2.75) is 117 Å². The van der Waals surface area contributed by atoms with E-state index >= 15 is 0 Å². The predicted octanol–water partition coefficient (Wildman–Crippen LogP) is 9.25. The fourth-order valence-corrected chi connectivity index (χ4v) is 7.17. The van der Waals surface area contributed by atoms with Gasteiger partial charge in [-0.1, -0.05) is 98.8 Å². The van der Waals surface area contributed by atoms with Gasteiger partial charge < -0.3 is 19.1 Å². The van der Waals surface area contributed by atoms with E-state index in [-0.39, 0.29) is 5.41 Å². The van der Waals surface area contributed by atoms with Crippen LogP contribution in [0, 0.1) is 0 Å². The van der Waals surface area contributed by atoms with E-state index in [0.717, 1.165) is 35.2 Å². The third-order valence-electron chi connectivity index (χ3n) is 8.77. The molecule has 3 heterocycles. The van der Waals surface area contributed by atoms with Crippen LogP contribution in [-0.4, -0.2) is 54.2 Å². The van der Waals surface area contributed by atoms with Gasteiger partial charge in [-0.3, -0.25) is 0 Å². The summed E-state index contributed by atoms with van der Waals surface area (Å²) in [6.07, 6.45) is 18.0. The van der Waals surface area contributed by atoms with Crippen LogP contribution in [0.25, 0.3) is 23.1 Å². The number of ether oxygens (including phenoxy) is 3. The smallest absolute Gasteiger partial charge is 0.204 e. The van der Waals surface area contributed by atoms with Gasteiger partial charge in [0.05, 0.1) is 37.6 Å². The maximum Gasteiger partial charge on any atom is 0.204 e. The van der Waals surface area contributed by atoms with Gasteiger partial charge >= 0.3 is 0 Å². The molecule has 0 unspecified atom stereocenters. The SMILES string of the molecule is CCCCCCCCN(CCCCCCCC)c1ccc(/C=c2/c(C(C)(C)C)nn3c(-c4ccc(OC)c(OC)c4OC)nnc23)s1. The summed E-state index contributed by atoms with van der Waals surface area (Å²) < 4.78 is 18.8. The molecule has 0 bridgehead atoms. The molecule has 0 aliphatic heterocycles. The Hall–Kier alpha value is -3.33. The molecule has 8 nitrogen and oxygen atoms in total. The quantitative estimate of drug-likeness (QED) is 0.0873. The molecule has 0 amide bonds. The molecule has 3 aromatic heterocycles. The maximum absolute atomic E-state index is 5.79. The summed E-state index contributed by atoms with van der Waals surface area (Å²) in [5, 5.41) is 16.7. The van der Waals surface area contributed by atoms with Crippen LogP contribution in [-0.2, 0) is 5.41 Å². The van der Waals surface area contributed by atoms with E-state index in [2.05, 4.69) is 67.9 Å². The standard InChI is InChI=1S/C38H57N5O3S/c1-9-11-13-15-17-19-25-42(26-20-18-16-14-12-10-2)32-24-21-28(47-32)27-30-35(38(3,4)5)41-43-36(39-40-37(30)43)29-22-23-31(44-6)34(46-8)33(29)45-7/h21-24,27H,9-20,25-26H2,1-8H3/b30-27-. The number of unbranched alkanes of at least 4 members (excludes halogenated alkanes) is 10. The average Bonchev–Trinajstić information content (AvgIpc) is 3.79. The lowest BCUT2D eigenvalue weighted by molar-refractivity contribution is 0.325. The maximum atomic E-state index is 5.79. The Bertz CT molecular complexity index is 1570. The van der Waals surface area contributed by atoms with Crippen LogP contribution in [0.15, 0.2) is 24.3 Å². The summed E-state index contributed by atoms with van der Waals surface area (Å²) in [4.78, 5) is 3.83. The van der Waals surface area contributed by atoms with Crippen molar-refractivity contribution in [2.75, 3.05) is 39.3 Å². The topological polar surface area (TPSA) is 74.0 Å². The molecule has 0 aliphatic rings. The first-order valence-electron chi connectivity index (χ1n) is 17.7. The first-order chi connectivity index (χ1) is 22.8. The average molecular weight is 664 g/mol. The van der Waals surface area contributed by atoms with Crippen molar-refractivity contribution >= 4 is 28.1 Å². The number of hydrogen-bond acceptors (Lipinski definition) is 8. The summed E-state index contributed by atoms with van der Waals surface area (Å²) in [7, 11) is 4.84. The predicted molar refractivity (Wildman–Crippen MR) is 197 cm³/mol. The zero-order valence-electron chi connectivity index (χ0n) is 30.2. The highest BCUT2D eigenvalue weighted by Gasteiger charge is 2.27. The van der Waals surface area contributed by atoms with Gasteiger partial charge in [0.1, 0.15) is 0 Å². The molecular formula is C38H57N5O3S. The van der Waals surface area contributed by atoms with E-state index in [1.54, 1.807) is 21.3 Å². The van der Waals surface area contributed by atoms with Gasteiger partial charge in [0.2, 0.25) is 5.75 Å². The second-order valence-corrected chi connectivity index (χ2v) is 14.6. The number of hydrogen-bond donors (Lipinski definition) is 0. The van der Waals surface area contributed by atoms with E-state index in [4.69, 9.17) is 19.3 Å². The highest BCUT2D eigenvalue weighted by Crippen LogP contribution is 2.43. The van der Waals surface area contributed by atoms with E-state index in [0.29, 0.717) is 23.1 Å². The van der Waals surface area contributed by atoms with Crippen LogP contribution >= 0.6 is 11.3 Å². The Morgan fingerprint density at radius 2 is 1.36 bits per heavy atom. The lowest BCUT2D eigenvalue weighted by Crippen LogP contribution is -2.24. The number of benzene rings is 1. The zero-order valence-corrected chi connectivity index (χ0v) is 31.0. The molecule has 47 heavy (non-hydrogen) atoms. The molecule has 0 saturated carbocycles. The molecule has 4 aromatic rings. The van der Waals surface area contributed by atoms with Crippen molar-refractivity contribution in [2.24, 2.45) is 0 Å². The monoisotopic (exact) mass is 663 g/mol. The highest BCUT2D eigenvalue weighted by molar-refractivity contribution is 7.16. The highest BCUT2D eigenvalue weighted by atomic mass is 32.1. The Morgan fingerprint density at radius 3 is 1.94 bits per heavy atom. The molecule has 0 radical (unpaired) electrons.